The molecule has 4 heteroatoms. The Labute approximate surface area is 107 Å². The average Bonchev–Trinajstić information content (AvgIpc) is 2.34. The largest absolute Gasteiger partial charge is 0.387 e. The van der Waals surface area contributed by atoms with Crippen LogP contribution >= 0.6 is 11.8 Å². The molecule has 0 saturated heterocycles. The van der Waals surface area contributed by atoms with E-state index in [1.165, 1.54) is 12.1 Å². The second-order valence-corrected chi connectivity index (χ2v) is 4.95. The minimum Gasteiger partial charge on any atom is -0.387 e. The Morgan fingerprint density at radius 1 is 1.47 bits per heavy atom. The van der Waals surface area contributed by atoms with Crippen LogP contribution in [0.15, 0.2) is 24.3 Å². The molecule has 0 heterocycles. The van der Waals surface area contributed by atoms with Crippen molar-refractivity contribution in [2.45, 2.75) is 25.5 Å². The first kappa shape index (κ1) is 14.5. The van der Waals surface area contributed by atoms with Crippen molar-refractivity contribution < 1.29 is 9.50 Å². The maximum Gasteiger partial charge on any atom is 0.123 e. The van der Waals surface area contributed by atoms with Crippen molar-refractivity contribution in [3.63, 3.8) is 0 Å². The molecule has 1 aromatic carbocycles. The van der Waals surface area contributed by atoms with E-state index in [9.17, 15) is 9.50 Å². The van der Waals surface area contributed by atoms with Crippen LogP contribution in [0.4, 0.5) is 4.39 Å². The lowest BCUT2D eigenvalue weighted by atomic mass is 10.1. The fraction of sp³-hybridized carbons (Fsp3) is 0.538. The number of benzene rings is 1. The molecular weight excluding hydrogens is 237 g/mol. The first-order valence-corrected chi connectivity index (χ1v) is 7.22. The van der Waals surface area contributed by atoms with Crippen LogP contribution in [-0.2, 0) is 0 Å². The number of nitrogens with one attached hydrogen (secondary N) is 1. The number of thioether (sulfide) groups is 1. The van der Waals surface area contributed by atoms with Crippen LogP contribution in [0.1, 0.15) is 25.0 Å². The van der Waals surface area contributed by atoms with E-state index < -0.39 is 6.10 Å². The lowest BCUT2D eigenvalue weighted by Gasteiger charge is -2.18. The predicted octanol–water partition coefficient (Wildman–Crippen LogP) is 2.59. The molecule has 0 aliphatic heterocycles. The van der Waals surface area contributed by atoms with Gasteiger partial charge in [0, 0.05) is 18.3 Å². The summed E-state index contributed by atoms with van der Waals surface area (Å²) in [6, 6.07) is 6.51. The molecule has 2 nitrogen and oxygen atoms in total. The van der Waals surface area contributed by atoms with Gasteiger partial charge >= 0.3 is 0 Å². The maximum absolute atomic E-state index is 13.0. The first-order valence-electron chi connectivity index (χ1n) is 5.83. The van der Waals surface area contributed by atoms with Crippen molar-refractivity contribution in [2.75, 3.05) is 18.6 Å². The van der Waals surface area contributed by atoms with Crippen molar-refractivity contribution in [3.8, 4) is 0 Å². The van der Waals surface area contributed by atoms with Crippen LogP contribution in [0.5, 0.6) is 0 Å². The molecule has 2 N–H and O–H groups in total. The number of aliphatic hydroxyl groups is 1. The third-order valence-electron chi connectivity index (χ3n) is 2.69. The van der Waals surface area contributed by atoms with Crippen LogP contribution in [0.2, 0.25) is 0 Å². The highest BCUT2D eigenvalue weighted by Crippen LogP contribution is 2.13. The second kappa shape index (κ2) is 7.69. The Balaban J connectivity index is 2.46. The number of aliphatic hydroxyl groups excluding tert-OH is 1. The van der Waals surface area contributed by atoms with E-state index in [0.29, 0.717) is 18.2 Å². The molecule has 96 valence electrons. The van der Waals surface area contributed by atoms with Gasteiger partial charge in [0.1, 0.15) is 5.82 Å². The normalized spacial score (nSPS) is 14.6. The van der Waals surface area contributed by atoms with Crippen LogP contribution < -0.4 is 5.32 Å². The maximum atomic E-state index is 13.0. The van der Waals surface area contributed by atoms with E-state index in [4.69, 9.17) is 0 Å². The highest BCUT2D eigenvalue weighted by atomic mass is 32.2. The van der Waals surface area contributed by atoms with Gasteiger partial charge in [0.2, 0.25) is 0 Å². The van der Waals surface area contributed by atoms with E-state index in [1.54, 1.807) is 23.9 Å². The Hall–Kier alpha value is -0.580. The molecule has 0 saturated carbocycles. The van der Waals surface area contributed by atoms with Gasteiger partial charge in [-0.15, -0.1) is 0 Å². The number of halogens is 1. The molecule has 17 heavy (non-hydrogen) atoms. The third-order valence-corrected chi connectivity index (χ3v) is 3.43. The minimum absolute atomic E-state index is 0.308. The summed E-state index contributed by atoms with van der Waals surface area (Å²) < 4.78 is 13.0. The van der Waals surface area contributed by atoms with Crippen LogP contribution in [-0.4, -0.2) is 29.7 Å². The lowest BCUT2D eigenvalue weighted by Crippen LogP contribution is -2.34. The molecule has 0 fully saturated rings. The smallest absolute Gasteiger partial charge is 0.123 e. The van der Waals surface area contributed by atoms with Crippen molar-refractivity contribution in [1.82, 2.24) is 5.32 Å². The molecule has 2 atom stereocenters. The van der Waals surface area contributed by atoms with Crippen LogP contribution in [0, 0.1) is 5.82 Å². The van der Waals surface area contributed by atoms with Crippen molar-refractivity contribution in [2.24, 2.45) is 0 Å². The summed E-state index contributed by atoms with van der Waals surface area (Å²) in [4.78, 5) is 0. The molecule has 0 radical (unpaired) electrons. The Morgan fingerprint density at radius 2 is 2.24 bits per heavy atom. The third kappa shape index (κ3) is 5.06. The highest BCUT2D eigenvalue weighted by Gasteiger charge is 2.11. The van der Waals surface area contributed by atoms with Gasteiger partial charge in [-0.05, 0) is 30.4 Å². The van der Waals surface area contributed by atoms with Gasteiger partial charge in [-0.3, -0.25) is 0 Å². The van der Waals surface area contributed by atoms with Gasteiger partial charge in [0.15, 0.2) is 0 Å². The van der Waals surface area contributed by atoms with E-state index in [-0.39, 0.29) is 5.82 Å². The summed E-state index contributed by atoms with van der Waals surface area (Å²) in [7, 11) is 0. The standard InChI is InChI=1S/C13H20FNOS/c1-3-12(9-17-2)15-8-13(16)10-5-4-6-11(14)7-10/h4-7,12-13,15-16H,3,8-9H2,1-2H3. The number of hydrogen-bond acceptors (Lipinski definition) is 3. The van der Waals surface area contributed by atoms with Crippen molar-refractivity contribution in [3.05, 3.63) is 35.6 Å². The van der Waals surface area contributed by atoms with E-state index in [2.05, 4.69) is 18.5 Å². The molecule has 2 unspecified atom stereocenters. The lowest BCUT2D eigenvalue weighted by molar-refractivity contribution is 0.170. The monoisotopic (exact) mass is 257 g/mol. The minimum atomic E-state index is -0.651. The van der Waals surface area contributed by atoms with Gasteiger partial charge in [-0.1, -0.05) is 19.1 Å². The molecule has 1 aromatic rings. The van der Waals surface area contributed by atoms with Gasteiger partial charge in [-0.2, -0.15) is 11.8 Å². The fourth-order valence-corrected chi connectivity index (χ4v) is 2.39. The molecule has 0 aliphatic rings. The van der Waals surface area contributed by atoms with Crippen LogP contribution in [0.3, 0.4) is 0 Å². The van der Waals surface area contributed by atoms with E-state index in [0.717, 1.165) is 12.2 Å². The average molecular weight is 257 g/mol. The summed E-state index contributed by atoms with van der Waals surface area (Å²) in [5.41, 5.74) is 0.622. The Kier molecular flexibility index (Phi) is 6.55. The molecular formula is C13H20FNOS. The van der Waals surface area contributed by atoms with E-state index >= 15 is 0 Å². The molecule has 0 amide bonds. The van der Waals surface area contributed by atoms with Gasteiger partial charge in [-0.25, -0.2) is 4.39 Å². The number of rotatable bonds is 7. The highest BCUT2D eigenvalue weighted by molar-refractivity contribution is 7.98. The summed E-state index contributed by atoms with van der Waals surface area (Å²) in [5.74, 6) is 0.713. The molecule has 0 aliphatic carbocycles. The van der Waals surface area contributed by atoms with Crippen molar-refractivity contribution in [1.29, 1.82) is 0 Å². The van der Waals surface area contributed by atoms with Gasteiger partial charge in [0.25, 0.3) is 0 Å². The zero-order valence-electron chi connectivity index (χ0n) is 10.3. The SMILES string of the molecule is CCC(CSC)NCC(O)c1cccc(F)c1. The van der Waals surface area contributed by atoms with Crippen molar-refractivity contribution >= 4 is 11.8 Å². The molecule has 1 rings (SSSR count). The Bertz CT molecular complexity index is 335. The second-order valence-electron chi connectivity index (χ2n) is 4.04. The zero-order chi connectivity index (χ0) is 12.7. The van der Waals surface area contributed by atoms with Gasteiger partial charge < -0.3 is 10.4 Å². The quantitative estimate of drug-likeness (QED) is 0.787. The van der Waals surface area contributed by atoms with Crippen LogP contribution in [0.25, 0.3) is 0 Å². The predicted molar refractivity (Wildman–Crippen MR) is 71.8 cm³/mol. The summed E-state index contributed by atoms with van der Waals surface area (Å²) in [5, 5.41) is 13.2. The van der Waals surface area contributed by atoms with E-state index in [1.807, 2.05) is 0 Å². The molecule has 0 bridgehead atoms. The molecule has 0 spiro atoms. The topological polar surface area (TPSA) is 32.3 Å². The molecule has 0 aromatic heterocycles. The fourth-order valence-electron chi connectivity index (χ4n) is 1.63. The van der Waals surface area contributed by atoms with Gasteiger partial charge in [0.05, 0.1) is 6.10 Å². The summed E-state index contributed by atoms with van der Waals surface area (Å²) in [6.45, 7) is 2.57. The zero-order valence-corrected chi connectivity index (χ0v) is 11.1. The number of hydrogen-bond donors (Lipinski definition) is 2. The first-order chi connectivity index (χ1) is 8.17. The summed E-state index contributed by atoms with van der Waals surface area (Å²) in [6.07, 6.45) is 2.44. The Morgan fingerprint density at radius 3 is 2.82 bits per heavy atom. The summed E-state index contributed by atoms with van der Waals surface area (Å²) >= 11 is 1.78.